The molecule has 0 radical (unpaired) electrons. The van der Waals surface area contributed by atoms with Gasteiger partial charge in [0, 0.05) is 11.8 Å². The fourth-order valence-corrected chi connectivity index (χ4v) is 3.52. The zero-order chi connectivity index (χ0) is 19.2. The van der Waals surface area contributed by atoms with Gasteiger partial charge < -0.3 is 10.1 Å². The number of hydrogen-bond donors (Lipinski definition) is 2. The normalized spacial score (nSPS) is 16.4. The smallest absolute Gasteiger partial charge is 0.331 e. The van der Waals surface area contributed by atoms with Crippen LogP contribution in [0.5, 0.6) is 0 Å². The van der Waals surface area contributed by atoms with Crippen LogP contribution in [0.1, 0.15) is 38.2 Å². The van der Waals surface area contributed by atoms with Gasteiger partial charge in [-0.1, -0.05) is 25.0 Å². The Kier molecular flexibility index (Phi) is 6.42. The average Bonchev–Trinajstić information content (AvgIpc) is 3.03. The van der Waals surface area contributed by atoms with Crippen molar-refractivity contribution in [2.75, 3.05) is 17.6 Å². The minimum atomic E-state index is -3.32. The Morgan fingerprint density at radius 2 is 1.81 bits per heavy atom. The van der Waals surface area contributed by atoms with E-state index in [1.54, 1.807) is 37.3 Å². The van der Waals surface area contributed by atoms with E-state index in [1.807, 2.05) is 0 Å². The number of hydrogen-bond acceptors (Lipinski definition) is 5. The minimum Gasteiger partial charge on any atom is -0.464 e. The molecule has 8 heteroatoms. The van der Waals surface area contributed by atoms with E-state index in [2.05, 4.69) is 10.0 Å². The molecule has 0 aliphatic heterocycles. The van der Waals surface area contributed by atoms with E-state index in [4.69, 9.17) is 4.74 Å². The van der Waals surface area contributed by atoms with Crippen LogP contribution in [0.15, 0.2) is 30.3 Å². The van der Waals surface area contributed by atoms with Crippen molar-refractivity contribution in [2.45, 2.75) is 38.1 Å². The number of anilines is 1. The number of amides is 1. The number of rotatable bonds is 7. The molecule has 0 unspecified atom stereocenters. The highest BCUT2D eigenvalue weighted by Crippen LogP contribution is 2.31. The summed E-state index contributed by atoms with van der Waals surface area (Å²) in [7, 11) is -3.32. The number of sulfonamides is 1. The number of nitrogens with one attached hydrogen (secondary N) is 2. The first-order chi connectivity index (χ1) is 12.2. The number of ether oxygens (including phenoxy) is 1. The molecule has 1 fully saturated rings. The predicted octanol–water partition coefficient (Wildman–Crippen LogP) is 2.06. The molecular weight excluding hydrogens is 356 g/mol. The molecule has 2 N–H and O–H groups in total. The molecule has 0 atom stereocenters. The number of carbonyl (C=O) groups excluding carboxylic acids is 2. The Bertz CT molecular complexity index is 778. The van der Waals surface area contributed by atoms with Crippen LogP contribution in [-0.2, 0) is 24.3 Å². The molecule has 1 aliphatic carbocycles. The van der Waals surface area contributed by atoms with E-state index in [0.29, 0.717) is 18.5 Å². The molecule has 0 heterocycles. The molecule has 7 nitrogen and oxygen atoms in total. The molecular formula is C18H24N2O5S. The van der Waals surface area contributed by atoms with Gasteiger partial charge in [0.05, 0.1) is 12.9 Å². The molecule has 0 bridgehead atoms. The van der Waals surface area contributed by atoms with E-state index >= 15 is 0 Å². The lowest BCUT2D eigenvalue weighted by atomic mass is 9.97. The van der Waals surface area contributed by atoms with Crippen LogP contribution in [0.3, 0.4) is 0 Å². The third kappa shape index (κ3) is 5.59. The summed E-state index contributed by atoms with van der Waals surface area (Å²) in [5.41, 5.74) is 0.248. The van der Waals surface area contributed by atoms with Crippen LogP contribution in [0, 0.1) is 0 Å². The van der Waals surface area contributed by atoms with Gasteiger partial charge in [0.2, 0.25) is 15.9 Å². The zero-order valence-electron chi connectivity index (χ0n) is 14.9. The third-order valence-electron chi connectivity index (χ3n) is 4.13. The maximum absolute atomic E-state index is 12.2. The van der Waals surface area contributed by atoms with Crippen molar-refractivity contribution < 1.29 is 22.7 Å². The molecule has 1 aliphatic rings. The van der Waals surface area contributed by atoms with Crippen LogP contribution in [-0.4, -0.2) is 38.7 Å². The first-order valence-electron chi connectivity index (χ1n) is 8.49. The van der Waals surface area contributed by atoms with Crippen molar-refractivity contribution in [3.8, 4) is 0 Å². The van der Waals surface area contributed by atoms with Crippen LogP contribution >= 0.6 is 0 Å². The molecule has 1 saturated carbocycles. The fourth-order valence-electron chi connectivity index (χ4n) is 2.95. The molecule has 1 amide bonds. The average molecular weight is 380 g/mol. The van der Waals surface area contributed by atoms with Gasteiger partial charge in [-0.05, 0) is 43.5 Å². The Morgan fingerprint density at radius 1 is 1.19 bits per heavy atom. The van der Waals surface area contributed by atoms with Crippen molar-refractivity contribution in [1.82, 2.24) is 5.32 Å². The molecule has 0 saturated heterocycles. The van der Waals surface area contributed by atoms with Crippen molar-refractivity contribution in [1.29, 1.82) is 0 Å². The SMILES string of the molecule is CCOC(=O)C1(NC(=O)C=Cc2ccc(NS(C)(=O)=O)cc2)CCCC1. The van der Waals surface area contributed by atoms with Crippen molar-refractivity contribution in [3.05, 3.63) is 35.9 Å². The van der Waals surface area contributed by atoms with Crippen LogP contribution in [0.25, 0.3) is 6.08 Å². The summed E-state index contributed by atoms with van der Waals surface area (Å²) in [5, 5.41) is 2.80. The Morgan fingerprint density at radius 3 is 2.35 bits per heavy atom. The summed E-state index contributed by atoms with van der Waals surface area (Å²) >= 11 is 0. The molecule has 1 aromatic rings. The second-order valence-corrected chi connectivity index (χ2v) is 8.08. The first-order valence-corrected chi connectivity index (χ1v) is 10.4. The maximum Gasteiger partial charge on any atom is 0.331 e. The van der Waals surface area contributed by atoms with Crippen molar-refractivity contribution in [3.63, 3.8) is 0 Å². The third-order valence-corrected chi connectivity index (χ3v) is 4.73. The molecule has 2 rings (SSSR count). The summed E-state index contributed by atoms with van der Waals surface area (Å²) in [5.74, 6) is -0.742. The Hall–Kier alpha value is -2.35. The van der Waals surface area contributed by atoms with Gasteiger partial charge in [-0.2, -0.15) is 0 Å². The first kappa shape index (κ1) is 20.0. The maximum atomic E-state index is 12.2. The van der Waals surface area contributed by atoms with Gasteiger partial charge in [0.1, 0.15) is 5.54 Å². The van der Waals surface area contributed by atoms with Gasteiger partial charge in [-0.15, -0.1) is 0 Å². The van der Waals surface area contributed by atoms with Crippen LogP contribution < -0.4 is 10.0 Å². The highest BCUT2D eigenvalue weighted by atomic mass is 32.2. The van der Waals surface area contributed by atoms with E-state index in [0.717, 1.165) is 24.7 Å². The van der Waals surface area contributed by atoms with Crippen LogP contribution in [0.4, 0.5) is 5.69 Å². The number of benzene rings is 1. The number of esters is 1. The van der Waals surface area contributed by atoms with Gasteiger partial charge in [0.25, 0.3) is 0 Å². The second-order valence-electron chi connectivity index (χ2n) is 6.33. The van der Waals surface area contributed by atoms with E-state index in [1.165, 1.54) is 6.08 Å². The lowest BCUT2D eigenvalue weighted by molar-refractivity contribution is -0.152. The van der Waals surface area contributed by atoms with Gasteiger partial charge in [0.15, 0.2) is 0 Å². The Labute approximate surface area is 153 Å². The molecule has 0 aromatic heterocycles. The van der Waals surface area contributed by atoms with Gasteiger partial charge in [-0.25, -0.2) is 13.2 Å². The summed E-state index contributed by atoms with van der Waals surface area (Å²) < 4.78 is 29.8. The highest BCUT2D eigenvalue weighted by Gasteiger charge is 2.43. The van der Waals surface area contributed by atoms with Crippen molar-refractivity contribution in [2.24, 2.45) is 0 Å². The molecule has 26 heavy (non-hydrogen) atoms. The topological polar surface area (TPSA) is 102 Å². The zero-order valence-corrected chi connectivity index (χ0v) is 15.8. The molecule has 0 spiro atoms. The van der Waals surface area contributed by atoms with E-state index in [-0.39, 0.29) is 18.5 Å². The Balaban J connectivity index is 2.01. The van der Waals surface area contributed by atoms with Crippen LogP contribution in [0.2, 0.25) is 0 Å². The quantitative estimate of drug-likeness (QED) is 0.557. The summed E-state index contributed by atoms with van der Waals surface area (Å²) in [6, 6.07) is 6.59. The molecule has 1 aromatic carbocycles. The lowest BCUT2D eigenvalue weighted by Crippen LogP contribution is -2.52. The monoisotopic (exact) mass is 380 g/mol. The highest BCUT2D eigenvalue weighted by molar-refractivity contribution is 7.92. The van der Waals surface area contributed by atoms with Gasteiger partial charge in [-0.3, -0.25) is 9.52 Å². The van der Waals surface area contributed by atoms with E-state index < -0.39 is 15.6 Å². The van der Waals surface area contributed by atoms with E-state index in [9.17, 15) is 18.0 Å². The summed E-state index contributed by atoms with van der Waals surface area (Å²) in [4.78, 5) is 24.5. The van der Waals surface area contributed by atoms with Gasteiger partial charge >= 0.3 is 5.97 Å². The lowest BCUT2D eigenvalue weighted by Gasteiger charge is -2.27. The number of carbonyl (C=O) groups is 2. The standard InChI is InChI=1S/C18H24N2O5S/c1-3-25-17(22)18(12-4-5-13-18)19-16(21)11-8-14-6-9-15(10-7-14)20-26(2,23)24/h6-11,20H,3-5,12-13H2,1-2H3,(H,19,21). The fraction of sp³-hybridized carbons (Fsp3) is 0.444. The summed E-state index contributed by atoms with van der Waals surface area (Å²) in [6.07, 6.45) is 6.95. The van der Waals surface area contributed by atoms with Crippen molar-refractivity contribution >= 4 is 33.7 Å². The minimum absolute atomic E-state index is 0.278. The summed E-state index contributed by atoms with van der Waals surface area (Å²) in [6.45, 7) is 2.02. The second kappa shape index (κ2) is 8.35. The largest absolute Gasteiger partial charge is 0.464 e. The predicted molar refractivity (Wildman–Crippen MR) is 99.9 cm³/mol. The molecule has 142 valence electrons.